The summed E-state index contributed by atoms with van der Waals surface area (Å²) in [6.07, 6.45) is 0.797. The maximum absolute atomic E-state index is 12.4. The molecule has 0 aliphatic carbocycles. The molecule has 0 N–H and O–H groups in total. The van der Waals surface area contributed by atoms with Gasteiger partial charge >= 0.3 is 5.97 Å². The average molecular weight is 296 g/mol. The molecule has 3 nitrogen and oxygen atoms in total. The smallest absolute Gasteiger partial charge is 0.313 e. The zero-order chi connectivity index (χ0) is 15.9. The van der Waals surface area contributed by atoms with E-state index in [9.17, 15) is 9.59 Å². The van der Waals surface area contributed by atoms with Crippen molar-refractivity contribution in [1.82, 2.24) is 0 Å². The van der Waals surface area contributed by atoms with Gasteiger partial charge in [0.15, 0.2) is 5.78 Å². The van der Waals surface area contributed by atoms with Crippen LogP contribution >= 0.6 is 0 Å². The Kier molecular flexibility index (Phi) is 5.48. The molecule has 1 atom stereocenters. The predicted molar refractivity (Wildman–Crippen MR) is 86.0 cm³/mol. The van der Waals surface area contributed by atoms with Gasteiger partial charge < -0.3 is 4.74 Å². The van der Waals surface area contributed by atoms with Gasteiger partial charge in [-0.15, -0.1) is 0 Å². The molecule has 0 aliphatic heterocycles. The number of carbonyl (C=O) groups excluding carboxylic acids is 2. The molecule has 22 heavy (non-hydrogen) atoms. The lowest BCUT2D eigenvalue weighted by atomic mass is 9.96. The summed E-state index contributed by atoms with van der Waals surface area (Å²) in [5.74, 6) is -0.683. The van der Waals surface area contributed by atoms with Crippen LogP contribution in [-0.4, -0.2) is 18.4 Å². The zero-order valence-corrected chi connectivity index (χ0v) is 12.9. The molecule has 2 aromatic rings. The van der Waals surface area contributed by atoms with Crippen LogP contribution in [0.3, 0.4) is 0 Å². The fraction of sp³-hybridized carbons (Fsp3) is 0.263. The Balaban J connectivity index is 2.20. The molecule has 2 rings (SSSR count). The minimum Gasteiger partial charge on any atom is -0.465 e. The third-order valence-corrected chi connectivity index (χ3v) is 3.49. The van der Waals surface area contributed by atoms with E-state index in [1.165, 1.54) is 0 Å². The lowest BCUT2D eigenvalue weighted by Gasteiger charge is -2.12. The van der Waals surface area contributed by atoms with Crippen LogP contribution in [0.2, 0.25) is 0 Å². The second-order valence-corrected chi connectivity index (χ2v) is 5.21. The van der Waals surface area contributed by atoms with Crippen molar-refractivity contribution in [2.45, 2.75) is 26.2 Å². The second kappa shape index (κ2) is 7.55. The number of hydrogen-bond donors (Lipinski definition) is 0. The van der Waals surface area contributed by atoms with E-state index in [1.54, 1.807) is 37.3 Å². The summed E-state index contributed by atoms with van der Waals surface area (Å²) in [6.45, 7) is 4.17. The monoisotopic (exact) mass is 296 g/mol. The molecule has 114 valence electrons. The van der Waals surface area contributed by atoms with Crippen molar-refractivity contribution in [3.05, 3.63) is 71.3 Å². The second-order valence-electron chi connectivity index (χ2n) is 5.21. The van der Waals surface area contributed by atoms with Crippen LogP contribution in [0, 0.1) is 0 Å². The maximum Gasteiger partial charge on any atom is 0.313 e. The highest BCUT2D eigenvalue weighted by Crippen LogP contribution is 2.20. The van der Waals surface area contributed by atoms with Gasteiger partial charge in [-0.3, -0.25) is 9.59 Å². The van der Waals surface area contributed by atoms with Crippen LogP contribution in [0.1, 0.15) is 47.7 Å². The van der Waals surface area contributed by atoms with E-state index >= 15 is 0 Å². The van der Waals surface area contributed by atoms with Crippen LogP contribution in [0.15, 0.2) is 54.6 Å². The van der Waals surface area contributed by atoms with Crippen LogP contribution < -0.4 is 0 Å². The van der Waals surface area contributed by atoms with Crippen LogP contribution in [0.4, 0.5) is 0 Å². The summed E-state index contributed by atoms with van der Waals surface area (Å²) in [5, 5.41) is 0. The first-order valence-corrected chi connectivity index (χ1v) is 7.49. The molecular weight excluding hydrogens is 276 g/mol. The molecule has 0 saturated carbocycles. The van der Waals surface area contributed by atoms with Crippen LogP contribution in [0.5, 0.6) is 0 Å². The predicted octanol–water partition coefficient (Wildman–Crippen LogP) is 3.97. The third kappa shape index (κ3) is 3.82. The molecule has 0 radical (unpaired) electrons. The fourth-order valence-corrected chi connectivity index (χ4v) is 2.17. The molecule has 0 aromatic heterocycles. The van der Waals surface area contributed by atoms with E-state index in [2.05, 4.69) is 0 Å². The van der Waals surface area contributed by atoms with E-state index in [4.69, 9.17) is 4.74 Å². The lowest BCUT2D eigenvalue weighted by molar-refractivity contribution is -0.145. The number of esters is 1. The molecule has 0 spiro atoms. The highest BCUT2D eigenvalue weighted by Gasteiger charge is 2.18. The van der Waals surface area contributed by atoms with Crippen LogP contribution in [-0.2, 0) is 9.53 Å². The van der Waals surface area contributed by atoms with E-state index in [0.717, 1.165) is 12.0 Å². The highest BCUT2D eigenvalue weighted by atomic mass is 16.5. The standard InChI is InChI=1S/C19H20O3/c1-3-12-22-19(21)14(2)16-10-7-11-17(13-16)18(20)15-8-5-4-6-9-15/h4-11,13-14H,3,12H2,1-2H3/t14-/m1/s1. The minimum absolute atomic E-state index is 0.0448. The Labute approximate surface area is 130 Å². The molecule has 0 unspecified atom stereocenters. The Morgan fingerprint density at radius 3 is 2.36 bits per heavy atom. The number of ketones is 1. The van der Waals surface area contributed by atoms with Crippen molar-refractivity contribution in [2.75, 3.05) is 6.61 Å². The number of rotatable bonds is 6. The van der Waals surface area contributed by atoms with Gasteiger partial charge in [0.1, 0.15) is 0 Å². The van der Waals surface area contributed by atoms with Gasteiger partial charge in [0.05, 0.1) is 12.5 Å². The van der Waals surface area contributed by atoms with Gasteiger partial charge in [0, 0.05) is 11.1 Å². The largest absolute Gasteiger partial charge is 0.465 e. The van der Waals surface area contributed by atoms with E-state index in [-0.39, 0.29) is 17.7 Å². The molecule has 2 aromatic carbocycles. The summed E-state index contributed by atoms with van der Waals surface area (Å²) >= 11 is 0. The number of hydrogen-bond acceptors (Lipinski definition) is 3. The van der Waals surface area contributed by atoms with E-state index in [0.29, 0.717) is 17.7 Å². The average Bonchev–Trinajstić information content (AvgIpc) is 2.59. The summed E-state index contributed by atoms with van der Waals surface area (Å²) in [4.78, 5) is 24.4. The first kappa shape index (κ1) is 16.0. The topological polar surface area (TPSA) is 43.4 Å². The molecule has 0 saturated heterocycles. The van der Waals surface area contributed by atoms with Gasteiger partial charge in [-0.1, -0.05) is 55.5 Å². The van der Waals surface area contributed by atoms with Crippen molar-refractivity contribution in [3.63, 3.8) is 0 Å². The molecule has 3 heteroatoms. The molecule has 0 heterocycles. The number of ether oxygens (including phenoxy) is 1. The Hall–Kier alpha value is -2.42. The third-order valence-electron chi connectivity index (χ3n) is 3.49. The minimum atomic E-state index is -0.380. The normalized spacial score (nSPS) is 11.7. The first-order valence-electron chi connectivity index (χ1n) is 7.49. The Morgan fingerprint density at radius 1 is 1.00 bits per heavy atom. The van der Waals surface area contributed by atoms with Crippen molar-refractivity contribution < 1.29 is 14.3 Å². The van der Waals surface area contributed by atoms with Gasteiger partial charge in [-0.2, -0.15) is 0 Å². The van der Waals surface area contributed by atoms with Gasteiger partial charge in [-0.05, 0) is 25.0 Å². The SMILES string of the molecule is CCCOC(=O)[C@H](C)c1cccc(C(=O)c2ccccc2)c1. The molecule has 0 aliphatic rings. The molecule has 0 fully saturated rings. The molecule has 0 amide bonds. The number of carbonyl (C=O) groups is 2. The molecule has 0 bridgehead atoms. The van der Waals surface area contributed by atoms with Crippen molar-refractivity contribution >= 4 is 11.8 Å². The van der Waals surface area contributed by atoms with Gasteiger partial charge in [-0.25, -0.2) is 0 Å². The van der Waals surface area contributed by atoms with Crippen molar-refractivity contribution in [2.24, 2.45) is 0 Å². The van der Waals surface area contributed by atoms with Gasteiger partial charge in [0.25, 0.3) is 0 Å². The summed E-state index contributed by atoms with van der Waals surface area (Å²) in [5.41, 5.74) is 2.02. The van der Waals surface area contributed by atoms with Crippen molar-refractivity contribution in [1.29, 1.82) is 0 Å². The lowest BCUT2D eigenvalue weighted by Crippen LogP contribution is -2.14. The first-order chi connectivity index (χ1) is 10.6. The van der Waals surface area contributed by atoms with E-state index < -0.39 is 0 Å². The quantitative estimate of drug-likeness (QED) is 0.598. The summed E-state index contributed by atoms with van der Waals surface area (Å²) in [7, 11) is 0. The summed E-state index contributed by atoms with van der Waals surface area (Å²) in [6, 6.07) is 16.3. The van der Waals surface area contributed by atoms with Crippen molar-refractivity contribution in [3.8, 4) is 0 Å². The molecular formula is C19H20O3. The van der Waals surface area contributed by atoms with Crippen LogP contribution in [0.25, 0.3) is 0 Å². The highest BCUT2D eigenvalue weighted by molar-refractivity contribution is 6.09. The zero-order valence-electron chi connectivity index (χ0n) is 12.9. The Bertz CT molecular complexity index is 647. The van der Waals surface area contributed by atoms with E-state index in [1.807, 2.05) is 31.2 Å². The van der Waals surface area contributed by atoms with Gasteiger partial charge in [0.2, 0.25) is 0 Å². The maximum atomic E-state index is 12.4. The summed E-state index contributed by atoms with van der Waals surface area (Å²) < 4.78 is 5.17. The number of benzene rings is 2. The Morgan fingerprint density at radius 2 is 1.68 bits per heavy atom. The fourth-order valence-electron chi connectivity index (χ4n) is 2.17.